The summed E-state index contributed by atoms with van der Waals surface area (Å²) in [6.45, 7) is 2.07. The van der Waals surface area contributed by atoms with Crippen LogP contribution in [0.2, 0.25) is 0 Å². The van der Waals surface area contributed by atoms with Crippen LogP contribution in [0.15, 0.2) is 36.4 Å². The molecule has 0 aliphatic carbocycles. The van der Waals surface area contributed by atoms with Gasteiger partial charge in [0.15, 0.2) is 11.5 Å². The Morgan fingerprint density at radius 2 is 2.00 bits per heavy atom. The number of nitrogens with one attached hydrogen (secondary N) is 2. The second kappa shape index (κ2) is 8.89. The van der Waals surface area contributed by atoms with Crippen LogP contribution in [0.3, 0.4) is 0 Å². The number of anilines is 1. The number of rotatable bonds is 7. The smallest absolute Gasteiger partial charge is 0.319 e. The maximum Gasteiger partial charge on any atom is 0.319 e. The Morgan fingerprint density at radius 3 is 2.68 bits per heavy atom. The summed E-state index contributed by atoms with van der Waals surface area (Å²) in [5.74, 6) is 0.520. The number of carbonyl (C=O) groups excluding carboxylic acids is 1. The van der Waals surface area contributed by atoms with Gasteiger partial charge in [-0.25, -0.2) is 9.18 Å². The molecule has 2 aromatic carbocycles. The molecule has 134 valence electrons. The number of aliphatic hydroxyl groups excluding tert-OH is 1. The van der Waals surface area contributed by atoms with Crippen LogP contribution in [0.25, 0.3) is 0 Å². The van der Waals surface area contributed by atoms with Gasteiger partial charge in [-0.15, -0.1) is 0 Å². The maximum atomic E-state index is 13.7. The lowest BCUT2D eigenvalue weighted by atomic mass is 10.2. The van der Waals surface area contributed by atoms with Gasteiger partial charge in [-0.2, -0.15) is 0 Å². The number of urea groups is 1. The van der Waals surface area contributed by atoms with E-state index in [1.165, 1.54) is 19.2 Å². The first kappa shape index (κ1) is 18.5. The summed E-state index contributed by atoms with van der Waals surface area (Å²) in [5, 5.41) is 13.9. The van der Waals surface area contributed by atoms with Gasteiger partial charge in [-0.3, -0.25) is 0 Å². The van der Waals surface area contributed by atoms with E-state index >= 15 is 0 Å². The van der Waals surface area contributed by atoms with E-state index in [2.05, 4.69) is 10.6 Å². The fourth-order valence-corrected chi connectivity index (χ4v) is 2.17. The lowest BCUT2D eigenvalue weighted by Crippen LogP contribution is -2.28. The third-order valence-corrected chi connectivity index (χ3v) is 3.40. The van der Waals surface area contributed by atoms with Crippen molar-refractivity contribution in [2.45, 2.75) is 13.5 Å². The van der Waals surface area contributed by atoms with Crippen molar-refractivity contribution >= 4 is 11.7 Å². The van der Waals surface area contributed by atoms with Crippen LogP contribution >= 0.6 is 0 Å². The molecule has 0 fully saturated rings. The van der Waals surface area contributed by atoms with Crippen molar-refractivity contribution in [3.05, 3.63) is 53.3 Å². The van der Waals surface area contributed by atoms with Crippen molar-refractivity contribution in [1.29, 1.82) is 0 Å². The zero-order valence-corrected chi connectivity index (χ0v) is 14.1. The SMILES string of the molecule is COc1cc(CNC(=O)Nc2ccc(C)cc2F)ccc1OCCO. The van der Waals surface area contributed by atoms with Gasteiger partial charge >= 0.3 is 6.03 Å². The number of halogens is 1. The number of aliphatic hydroxyl groups is 1. The van der Waals surface area contributed by atoms with Gasteiger partial charge in [0.05, 0.1) is 19.4 Å². The van der Waals surface area contributed by atoms with E-state index in [9.17, 15) is 9.18 Å². The molecule has 0 heterocycles. The molecule has 2 aromatic rings. The standard InChI is InChI=1S/C18H21FN2O4/c1-12-3-5-15(14(19)9-12)21-18(23)20-11-13-4-6-16(25-8-7-22)17(10-13)24-2/h3-6,9-10,22H,7-8,11H2,1-2H3,(H2,20,21,23). The topological polar surface area (TPSA) is 79.8 Å². The van der Waals surface area contributed by atoms with Crippen molar-refractivity contribution in [3.63, 3.8) is 0 Å². The first-order chi connectivity index (χ1) is 12.0. The highest BCUT2D eigenvalue weighted by molar-refractivity contribution is 5.89. The summed E-state index contributed by atoms with van der Waals surface area (Å²) in [5.41, 5.74) is 1.68. The van der Waals surface area contributed by atoms with Crippen LogP contribution in [0.4, 0.5) is 14.9 Å². The monoisotopic (exact) mass is 348 g/mol. The average Bonchev–Trinajstić information content (AvgIpc) is 2.60. The van der Waals surface area contributed by atoms with Gasteiger partial charge in [0.2, 0.25) is 0 Å². The zero-order chi connectivity index (χ0) is 18.2. The van der Waals surface area contributed by atoms with Gasteiger partial charge in [0.25, 0.3) is 0 Å². The van der Waals surface area contributed by atoms with E-state index in [-0.39, 0.29) is 25.4 Å². The van der Waals surface area contributed by atoms with E-state index in [0.717, 1.165) is 11.1 Å². The van der Waals surface area contributed by atoms with Crippen LogP contribution in [0.1, 0.15) is 11.1 Å². The number of carbonyl (C=O) groups is 1. The lowest BCUT2D eigenvalue weighted by molar-refractivity contribution is 0.196. The minimum Gasteiger partial charge on any atom is -0.493 e. The van der Waals surface area contributed by atoms with Gasteiger partial charge in [0.1, 0.15) is 12.4 Å². The fourth-order valence-electron chi connectivity index (χ4n) is 2.17. The molecule has 0 unspecified atom stereocenters. The summed E-state index contributed by atoms with van der Waals surface area (Å²) in [4.78, 5) is 11.9. The molecule has 6 nitrogen and oxygen atoms in total. The molecular formula is C18H21FN2O4. The van der Waals surface area contributed by atoms with Crippen molar-refractivity contribution in [2.75, 3.05) is 25.6 Å². The quantitative estimate of drug-likeness (QED) is 0.719. The number of ether oxygens (including phenoxy) is 2. The number of hydrogen-bond donors (Lipinski definition) is 3. The molecule has 7 heteroatoms. The molecule has 0 atom stereocenters. The second-order valence-corrected chi connectivity index (χ2v) is 5.35. The Labute approximate surface area is 145 Å². The first-order valence-corrected chi connectivity index (χ1v) is 7.75. The number of methoxy groups -OCH3 is 1. The van der Waals surface area contributed by atoms with E-state index in [1.807, 2.05) is 0 Å². The summed E-state index contributed by atoms with van der Waals surface area (Å²) >= 11 is 0. The van der Waals surface area contributed by atoms with Crippen LogP contribution < -0.4 is 20.1 Å². The van der Waals surface area contributed by atoms with Crippen LogP contribution in [-0.4, -0.2) is 31.5 Å². The molecule has 0 bridgehead atoms. The molecule has 3 N–H and O–H groups in total. The minimum atomic E-state index is -0.512. The first-order valence-electron chi connectivity index (χ1n) is 7.75. The molecule has 0 aliphatic heterocycles. The van der Waals surface area contributed by atoms with E-state index < -0.39 is 11.8 Å². The lowest BCUT2D eigenvalue weighted by Gasteiger charge is -2.12. The molecule has 25 heavy (non-hydrogen) atoms. The Morgan fingerprint density at radius 1 is 1.20 bits per heavy atom. The van der Waals surface area contributed by atoms with Gasteiger partial charge in [-0.1, -0.05) is 12.1 Å². The summed E-state index contributed by atoms with van der Waals surface area (Å²) < 4.78 is 24.3. The molecule has 2 rings (SSSR count). The largest absolute Gasteiger partial charge is 0.493 e. The van der Waals surface area contributed by atoms with Crippen LogP contribution in [0, 0.1) is 12.7 Å². The highest BCUT2D eigenvalue weighted by atomic mass is 19.1. The predicted molar refractivity (Wildman–Crippen MR) is 92.6 cm³/mol. The average molecular weight is 348 g/mol. The summed E-state index contributed by atoms with van der Waals surface area (Å²) in [6, 6.07) is 9.26. The molecule has 0 saturated carbocycles. The molecule has 0 spiro atoms. The number of aryl methyl sites for hydroxylation is 1. The number of amides is 2. The maximum absolute atomic E-state index is 13.7. The normalized spacial score (nSPS) is 10.2. The Bertz CT molecular complexity index is 737. The number of hydrogen-bond acceptors (Lipinski definition) is 4. The summed E-state index contributed by atoms with van der Waals surface area (Å²) in [6.07, 6.45) is 0. The van der Waals surface area contributed by atoms with Crippen LogP contribution in [0.5, 0.6) is 11.5 Å². The van der Waals surface area contributed by atoms with E-state index in [1.54, 1.807) is 31.2 Å². The Kier molecular flexibility index (Phi) is 6.59. The van der Waals surface area contributed by atoms with Crippen molar-refractivity contribution < 1.29 is 23.8 Å². The molecule has 0 radical (unpaired) electrons. The molecule has 0 aliphatic rings. The molecule has 2 amide bonds. The van der Waals surface area contributed by atoms with Gasteiger partial charge in [0, 0.05) is 6.54 Å². The van der Waals surface area contributed by atoms with Crippen molar-refractivity contribution in [3.8, 4) is 11.5 Å². The fraction of sp³-hybridized carbons (Fsp3) is 0.278. The molecule has 0 saturated heterocycles. The highest BCUT2D eigenvalue weighted by Gasteiger charge is 2.09. The Balaban J connectivity index is 1.94. The molecular weight excluding hydrogens is 327 g/mol. The van der Waals surface area contributed by atoms with Crippen molar-refractivity contribution in [1.82, 2.24) is 5.32 Å². The molecule has 0 aromatic heterocycles. The van der Waals surface area contributed by atoms with E-state index in [0.29, 0.717) is 11.5 Å². The van der Waals surface area contributed by atoms with Gasteiger partial charge < -0.3 is 25.2 Å². The zero-order valence-electron chi connectivity index (χ0n) is 14.1. The van der Waals surface area contributed by atoms with E-state index in [4.69, 9.17) is 14.6 Å². The summed E-state index contributed by atoms with van der Waals surface area (Å²) in [7, 11) is 1.51. The highest BCUT2D eigenvalue weighted by Crippen LogP contribution is 2.28. The van der Waals surface area contributed by atoms with Gasteiger partial charge in [-0.05, 0) is 42.3 Å². The van der Waals surface area contributed by atoms with Crippen LogP contribution in [-0.2, 0) is 6.54 Å². The van der Waals surface area contributed by atoms with Crippen molar-refractivity contribution in [2.24, 2.45) is 0 Å². The number of benzene rings is 2. The third kappa shape index (κ3) is 5.36. The second-order valence-electron chi connectivity index (χ2n) is 5.35. The predicted octanol–water partition coefficient (Wildman–Crippen LogP) is 2.84. The Hall–Kier alpha value is -2.80. The minimum absolute atomic E-state index is 0.0950. The third-order valence-electron chi connectivity index (χ3n) is 3.40.